The monoisotopic (exact) mass is 413 g/mol. The van der Waals surface area contributed by atoms with Crippen LogP contribution in [0.15, 0.2) is 47.8 Å². The van der Waals surface area contributed by atoms with Gasteiger partial charge in [-0.15, -0.1) is 11.3 Å². The molecular weight excluding hydrogens is 390 g/mol. The number of carbonyl (C=O) groups is 1. The molecule has 0 atom stereocenters. The van der Waals surface area contributed by atoms with E-state index in [1.165, 1.54) is 0 Å². The van der Waals surface area contributed by atoms with E-state index >= 15 is 0 Å². The smallest absolute Gasteiger partial charge is 0.341 e. The molecule has 1 heterocycles. The van der Waals surface area contributed by atoms with E-state index in [0.717, 1.165) is 46.2 Å². The summed E-state index contributed by atoms with van der Waals surface area (Å²) in [4.78, 5) is 15.3. The second kappa shape index (κ2) is 9.93. The van der Waals surface area contributed by atoms with Crippen LogP contribution in [0.3, 0.4) is 0 Å². The van der Waals surface area contributed by atoms with E-state index in [9.17, 15) is 4.79 Å². The van der Waals surface area contributed by atoms with Crippen LogP contribution < -0.4 is 14.2 Å². The van der Waals surface area contributed by atoms with Gasteiger partial charge < -0.3 is 19.3 Å². The first-order valence-electron chi connectivity index (χ1n) is 9.22. The van der Waals surface area contributed by atoms with E-state index in [2.05, 4.69) is 5.38 Å². The summed E-state index contributed by atoms with van der Waals surface area (Å²) < 4.78 is 16.2. The molecule has 0 unspecified atom stereocenters. The number of aryl methyl sites for hydroxylation is 2. The quantitative estimate of drug-likeness (QED) is 0.490. The molecule has 0 aliphatic rings. The van der Waals surface area contributed by atoms with Gasteiger partial charge in [-0.1, -0.05) is 0 Å². The molecule has 0 spiro atoms. The first kappa shape index (κ1) is 20.7. The van der Waals surface area contributed by atoms with Gasteiger partial charge in [-0.05, 0) is 61.4 Å². The number of carboxylic acid groups (broad SMARTS) is 1. The van der Waals surface area contributed by atoms with Gasteiger partial charge in [0.2, 0.25) is 0 Å². The predicted octanol–water partition coefficient (Wildman–Crippen LogP) is 4.60. The number of ether oxygens (including phenoxy) is 3. The Morgan fingerprint density at radius 3 is 2.55 bits per heavy atom. The maximum absolute atomic E-state index is 10.6. The van der Waals surface area contributed by atoms with Gasteiger partial charge in [0.1, 0.15) is 17.2 Å². The van der Waals surface area contributed by atoms with Crippen molar-refractivity contribution in [1.29, 1.82) is 0 Å². The fourth-order valence-corrected chi connectivity index (χ4v) is 3.60. The van der Waals surface area contributed by atoms with Crippen molar-refractivity contribution in [2.75, 3.05) is 20.3 Å². The maximum atomic E-state index is 10.6. The summed E-state index contributed by atoms with van der Waals surface area (Å²) in [6, 6.07) is 13.2. The lowest BCUT2D eigenvalue weighted by molar-refractivity contribution is -0.139. The number of thiazole rings is 1. The minimum Gasteiger partial charge on any atom is -0.497 e. The van der Waals surface area contributed by atoms with Crippen LogP contribution in [0.2, 0.25) is 0 Å². The van der Waals surface area contributed by atoms with Crippen molar-refractivity contribution in [3.05, 3.63) is 58.4 Å². The number of methoxy groups -OCH3 is 1. The van der Waals surface area contributed by atoms with Crippen LogP contribution in [-0.2, 0) is 11.2 Å². The Kier molecular flexibility index (Phi) is 7.08. The lowest BCUT2D eigenvalue weighted by atomic mass is 10.2. The molecule has 1 aromatic heterocycles. The Labute approximate surface area is 173 Å². The van der Waals surface area contributed by atoms with Crippen LogP contribution in [0.4, 0.5) is 0 Å². The Balaban J connectivity index is 1.46. The topological polar surface area (TPSA) is 77.9 Å². The zero-order chi connectivity index (χ0) is 20.6. The van der Waals surface area contributed by atoms with Gasteiger partial charge in [-0.25, -0.2) is 9.78 Å². The molecule has 29 heavy (non-hydrogen) atoms. The van der Waals surface area contributed by atoms with Gasteiger partial charge in [-0.3, -0.25) is 0 Å². The third-order valence-electron chi connectivity index (χ3n) is 4.24. The molecule has 2 aromatic carbocycles. The third-order valence-corrected chi connectivity index (χ3v) is 5.15. The molecule has 0 bridgehead atoms. The highest BCUT2D eigenvalue weighted by Gasteiger charge is 2.07. The molecule has 7 heteroatoms. The van der Waals surface area contributed by atoms with Crippen LogP contribution in [0.5, 0.6) is 17.2 Å². The Hall–Kier alpha value is -3.06. The molecule has 3 rings (SSSR count). The lowest BCUT2D eigenvalue weighted by Crippen LogP contribution is -2.10. The van der Waals surface area contributed by atoms with Crippen LogP contribution in [-0.4, -0.2) is 36.4 Å². The fraction of sp³-hybridized carbons (Fsp3) is 0.273. The van der Waals surface area contributed by atoms with Crippen molar-refractivity contribution in [3.8, 4) is 28.5 Å². The van der Waals surface area contributed by atoms with Gasteiger partial charge in [0.05, 0.1) is 24.4 Å². The number of rotatable bonds is 10. The summed E-state index contributed by atoms with van der Waals surface area (Å²) in [5, 5.41) is 11.8. The largest absolute Gasteiger partial charge is 0.497 e. The lowest BCUT2D eigenvalue weighted by Gasteiger charge is -2.10. The Bertz CT molecular complexity index is 952. The first-order chi connectivity index (χ1) is 14.0. The Morgan fingerprint density at radius 2 is 1.86 bits per heavy atom. The van der Waals surface area contributed by atoms with E-state index in [1.54, 1.807) is 30.6 Å². The highest BCUT2D eigenvalue weighted by atomic mass is 32.1. The zero-order valence-corrected chi connectivity index (χ0v) is 17.2. The van der Waals surface area contributed by atoms with Crippen molar-refractivity contribution in [2.45, 2.75) is 19.8 Å². The first-order valence-corrected chi connectivity index (χ1v) is 10.1. The average Bonchev–Trinajstić information content (AvgIpc) is 3.19. The minimum atomic E-state index is -0.998. The molecule has 6 nitrogen and oxygen atoms in total. The second-order valence-electron chi connectivity index (χ2n) is 6.42. The molecule has 1 N–H and O–H groups in total. The molecule has 0 radical (unpaired) electrons. The van der Waals surface area contributed by atoms with Gasteiger partial charge in [-0.2, -0.15) is 0 Å². The van der Waals surface area contributed by atoms with E-state index in [4.69, 9.17) is 24.3 Å². The van der Waals surface area contributed by atoms with Crippen molar-refractivity contribution in [3.63, 3.8) is 0 Å². The summed E-state index contributed by atoms with van der Waals surface area (Å²) in [6.45, 7) is 2.08. The van der Waals surface area contributed by atoms with Gasteiger partial charge in [0.15, 0.2) is 6.61 Å². The number of carboxylic acids is 1. The summed E-state index contributed by atoms with van der Waals surface area (Å²) in [7, 11) is 1.65. The Morgan fingerprint density at radius 1 is 1.10 bits per heavy atom. The fourth-order valence-electron chi connectivity index (χ4n) is 2.75. The van der Waals surface area contributed by atoms with E-state index in [0.29, 0.717) is 12.4 Å². The summed E-state index contributed by atoms with van der Waals surface area (Å²) in [5.41, 5.74) is 2.89. The zero-order valence-electron chi connectivity index (χ0n) is 16.4. The summed E-state index contributed by atoms with van der Waals surface area (Å²) >= 11 is 1.65. The van der Waals surface area contributed by atoms with Crippen molar-refractivity contribution >= 4 is 17.3 Å². The second-order valence-corrected chi connectivity index (χ2v) is 7.36. The van der Waals surface area contributed by atoms with Gasteiger partial charge in [0.25, 0.3) is 0 Å². The number of nitrogens with zero attached hydrogens (tertiary/aromatic N) is 1. The summed E-state index contributed by atoms with van der Waals surface area (Å²) in [5.74, 6) is 1.12. The van der Waals surface area contributed by atoms with Crippen molar-refractivity contribution < 1.29 is 24.1 Å². The van der Waals surface area contributed by atoms with Crippen molar-refractivity contribution in [1.82, 2.24) is 4.98 Å². The van der Waals surface area contributed by atoms with Crippen molar-refractivity contribution in [2.24, 2.45) is 0 Å². The predicted molar refractivity (Wildman–Crippen MR) is 112 cm³/mol. The number of hydrogen-bond donors (Lipinski definition) is 1. The standard InChI is InChI=1S/C22H23NO5S/c1-15-12-18(9-10-20(15)28-13-22(24)25)27-11-3-4-21-23-19(14-29-21)16-5-7-17(26-2)8-6-16/h5-10,12,14H,3-4,11,13H2,1-2H3,(H,24,25). The SMILES string of the molecule is COc1ccc(-c2csc(CCCOc3ccc(OCC(=O)O)c(C)c3)n2)cc1. The molecular formula is C22H23NO5S. The van der Waals surface area contributed by atoms with Crippen LogP contribution >= 0.6 is 11.3 Å². The third kappa shape index (κ3) is 5.96. The van der Waals surface area contributed by atoms with Crippen LogP contribution in [0, 0.1) is 6.92 Å². The molecule has 0 fully saturated rings. The highest BCUT2D eigenvalue weighted by molar-refractivity contribution is 7.09. The van der Waals surface area contributed by atoms with E-state index < -0.39 is 5.97 Å². The van der Waals surface area contributed by atoms with E-state index in [1.807, 2.05) is 37.3 Å². The van der Waals surface area contributed by atoms with Crippen LogP contribution in [0.1, 0.15) is 17.0 Å². The number of hydrogen-bond acceptors (Lipinski definition) is 6. The molecule has 0 saturated heterocycles. The van der Waals surface area contributed by atoms with Crippen LogP contribution in [0.25, 0.3) is 11.3 Å². The minimum absolute atomic E-state index is 0.354. The molecule has 0 aliphatic carbocycles. The highest BCUT2D eigenvalue weighted by Crippen LogP contribution is 2.26. The number of aliphatic carboxylic acids is 1. The molecule has 3 aromatic rings. The molecule has 0 amide bonds. The molecule has 152 valence electrons. The maximum Gasteiger partial charge on any atom is 0.341 e. The van der Waals surface area contributed by atoms with Gasteiger partial charge in [0, 0.05) is 17.4 Å². The van der Waals surface area contributed by atoms with E-state index in [-0.39, 0.29) is 6.61 Å². The molecule has 0 aliphatic heterocycles. The number of aromatic nitrogens is 1. The normalized spacial score (nSPS) is 10.6. The number of benzene rings is 2. The van der Waals surface area contributed by atoms with Gasteiger partial charge >= 0.3 is 5.97 Å². The molecule has 0 saturated carbocycles. The summed E-state index contributed by atoms with van der Waals surface area (Å²) in [6.07, 6.45) is 1.70. The average molecular weight is 413 g/mol.